The summed E-state index contributed by atoms with van der Waals surface area (Å²) in [5, 5.41) is 0. The standard InChI is InChI=1S/C18H23BrN4O2/c1-2-16(24)22-8-5-6-13(12-22)18(25)23-9-4-3-7-15(23)17-20-10-14(19)11-21-17/h2,10-11,13,15H,1,3-9,12H2. The first kappa shape index (κ1) is 18.0. The van der Waals surface area contributed by atoms with Crippen molar-refractivity contribution in [1.82, 2.24) is 19.8 Å². The molecule has 1 aromatic heterocycles. The number of amides is 2. The number of carbonyl (C=O) groups is 2. The van der Waals surface area contributed by atoms with Crippen molar-refractivity contribution >= 4 is 27.7 Å². The van der Waals surface area contributed by atoms with E-state index in [1.807, 2.05) is 4.90 Å². The molecule has 25 heavy (non-hydrogen) atoms. The van der Waals surface area contributed by atoms with Crippen LogP contribution in [0.4, 0.5) is 0 Å². The number of likely N-dealkylation sites (tertiary alicyclic amines) is 2. The molecule has 2 atom stereocenters. The lowest BCUT2D eigenvalue weighted by Crippen LogP contribution is -2.48. The fraction of sp³-hybridized carbons (Fsp3) is 0.556. The fourth-order valence-corrected chi connectivity index (χ4v) is 3.91. The molecule has 6 nitrogen and oxygen atoms in total. The normalized spacial score (nSPS) is 24.0. The van der Waals surface area contributed by atoms with Crippen LogP contribution in [0, 0.1) is 5.92 Å². The van der Waals surface area contributed by atoms with Gasteiger partial charge in [0.2, 0.25) is 11.8 Å². The van der Waals surface area contributed by atoms with Crippen LogP contribution in [-0.4, -0.2) is 51.2 Å². The minimum absolute atomic E-state index is 0.0696. The molecule has 7 heteroatoms. The number of hydrogen-bond acceptors (Lipinski definition) is 4. The van der Waals surface area contributed by atoms with Crippen molar-refractivity contribution in [2.24, 2.45) is 5.92 Å². The molecule has 2 saturated heterocycles. The zero-order valence-corrected chi connectivity index (χ0v) is 15.8. The summed E-state index contributed by atoms with van der Waals surface area (Å²) in [4.78, 5) is 37.5. The molecule has 0 saturated carbocycles. The second-order valence-electron chi connectivity index (χ2n) is 6.63. The first-order chi connectivity index (χ1) is 12.1. The smallest absolute Gasteiger partial charge is 0.245 e. The maximum absolute atomic E-state index is 13.2. The van der Waals surface area contributed by atoms with Gasteiger partial charge in [-0.15, -0.1) is 0 Å². The minimum atomic E-state index is -0.145. The third kappa shape index (κ3) is 4.08. The van der Waals surface area contributed by atoms with Crippen LogP contribution in [0.2, 0.25) is 0 Å². The molecule has 0 spiro atoms. The van der Waals surface area contributed by atoms with Crippen LogP contribution in [0.15, 0.2) is 29.5 Å². The van der Waals surface area contributed by atoms with Crippen LogP contribution in [-0.2, 0) is 9.59 Å². The van der Waals surface area contributed by atoms with Gasteiger partial charge in [-0.2, -0.15) is 0 Å². The van der Waals surface area contributed by atoms with E-state index in [2.05, 4.69) is 32.5 Å². The summed E-state index contributed by atoms with van der Waals surface area (Å²) in [6.07, 6.45) is 9.41. The number of aromatic nitrogens is 2. The Bertz CT molecular complexity index is 649. The van der Waals surface area contributed by atoms with Crippen LogP contribution in [0.1, 0.15) is 44.0 Å². The van der Waals surface area contributed by atoms with E-state index >= 15 is 0 Å². The molecule has 2 aliphatic heterocycles. The Morgan fingerprint density at radius 3 is 2.64 bits per heavy atom. The third-order valence-electron chi connectivity index (χ3n) is 4.98. The molecule has 3 rings (SSSR count). The van der Waals surface area contributed by atoms with E-state index in [1.54, 1.807) is 17.3 Å². The maximum Gasteiger partial charge on any atom is 0.245 e. The topological polar surface area (TPSA) is 66.4 Å². The molecule has 0 aliphatic carbocycles. The summed E-state index contributed by atoms with van der Waals surface area (Å²) in [7, 11) is 0. The van der Waals surface area contributed by atoms with Crippen molar-refractivity contribution < 1.29 is 9.59 Å². The lowest BCUT2D eigenvalue weighted by atomic mass is 9.93. The molecule has 2 amide bonds. The zero-order chi connectivity index (χ0) is 17.8. The lowest BCUT2D eigenvalue weighted by Gasteiger charge is -2.39. The number of hydrogen-bond donors (Lipinski definition) is 0. The van der Waals surface area contributed by atoms with E-state index < -0.39 is 0 Å². The van der Waals surface area contributed by atoms with Gasteiger partial charge in [0.15, 0.2) is 5.82 Å². The number of piperidine rings is 2. The van der Waals surface area contributed by atoms with E-state index in [0.29, 0.717) is 18.9 Å². The van der Waals surface area contributed by atoms with Gasteiger partial charge in [-0.25, -0.2) is 9.97 Å². The van der Waals surface area contributed by atoms with Gasteiger partial charge >= 0.3 is 0 Å². The van der Waals surface area contributed by atoms with E-state index in [9.17, 15) is 9.59 Å². The zero-order valence-electron chi connectivity index (χ0n) is 14.2. The highest BCUT2D eigenvalue weighted by Crippen LogP contribution is 2.32. The number of rotatable bonds is 3. The van der Waals surface area contributed by atoms with Crippen LogP contribution in [0.25, 0.3) is 0 Å². The highest BCUT2D eigenvalue weighted by atomic mass is 79.9. The number of nitrogens with zero attached hydrogens (tertiary/aromatic N) is 4. The van der Waals surface area contributed by atoms with Gasteiger partial charge in [0.25, 0.3) is 0 Å². The molecule has 3 heterocycles. The van der Waals surface area contributed by atoms with Gasteiger partial charge in [-0.05, 0) is 54.1 Å². The Morgan fingerprint density at radius 1 is 1.16 bits per heavy atom. The molecule has 0 radical (unpaired) electrons. The predicted molar refractivity (Wildman–Crippen MR) is 97.5 cm³/mol. The Hall–Kier alpha value is -1.76. The molecule has 134 valence electrons. The quantitative estimate of drug-likeness (QED) is 0.723. The summed E-state index contributed by atoms with van der Waals surface area (Å²) in [5.74, 6) is 0.585. The first-order valence-electron chi connectivity index (χ1n) is 8.79. The van der Waals surface area contributed by atoms with E-state index in [1.165, 1.54) is 6.08 Å². The van der Waals surface area contributed by atoms with Crippen LogP contribution in [0.5, 0.6) is 0 Å². The largest absolute Gasteiger partial charge is 0.338 e. The Balaban J connectivity index is 1.75. The molecule has 2 fully saturated rings. The lowest BCUT2D eigenvalue weighted by molar-refractivity contribution is -0.143. The SMILES string of the molecule is C=CC(=O)N1CCCC(C(=O)N2CCCCC2c2ncc(Br)cn2)C1. The summed E-state index contributed by atoms with van der Waals surface area (Å²) < 4.78 is 0.829. The highest BCUT2D eigenvalue weighted by molar-refractivity contribution is 9.10. The number of carbonyl (C=O) groups excluding carboxylic acids is 2. The summed E-state index contributed by atoms with van der Waals surface area (Å²) >= 11 is 3.35. The Morgan fingerprint density at radius 2 is 1.92 bits per heavy atom. The average molecular weight is 407 g/mol. The fourth-order valence-electron chi connectivity index (χ4n) is 3.70. The van der Waals surface area contributed by atoms with Crippen molar-refractivity contribution in [2.45, 2.75) is 38.1 Å². The van der Waals surface area contributed by atoms with Gasteiger partial charge in [-0.1, -0.05) is 6.58 Å². The maximum atomic E-state index is 13.2. The third-order valence-corrected chi connectivity index (χ3v) is 5.39. The molecule has 0 N–H and O–H groups in total. The van der Waals surface area contributed by atoms with Gasteiger partial charge < -0.3 is 9.80 Å². The van der Waals surface area contributed by atoms with Crippen LogP contribution >= 0.6 is 15.9 Å². The summed E-state index contributed by atoms with van der Waals surface area (Å²) in [6, 6.07) is -0.0696. The highest BCUT2D eigenvalue weighted by Gasteiger charge is 2.36. The molecule has 0 bridgehead atoms. The molecule has 2 aliphatic rings. The Kier molecular flexibility index (Phi) is 5.83. The van der Waals surface area contributed by atoms with Gasteiger partial charge in [-0.3, -0.25) is 9.59 Å². The van der Waals surface area contributed by atoms with Crippen molar-refractivity contribution in [3.63, 3.8) is 0 Å². The molecule has 1 aromatic rings. The summed E-state index contributed by atoms with van der Waals surface area (Å²) in [5.41, 5.74) is 0. The second kappa shape index (κ2) is 8.08. The van der Waals surface area contributed by atoms with Crippen LogP contribution < -0.4 is 0 Å². The molecular formula is C18H23BrN4O2. The van der Waals surface area contributed by atoms with Crippen LogP contribution in [0.3, 0.4) is 0 Å². The molecule has 2 unspecified atom stereocenters. The Labute approximate surface area is 156 Å². The minimum Gasteiger partial charge on any atom is -0.338 e. The first-order valence-corrected chi connectivity index (χ1v) is 9.58. The van der Waals surface area contributed by atoms with Gasteiger partial charge in [0.1, 0.15) is 0 Å². The van der Waals surface area contributed by atoms with Crippen molar-refractivity contribution in [3.8, 4) is 0 Å². The van der Waals surface area contributed by atoms with E-state index in [4.69, 9.17) is 0 Å². The van der Waals surface area contributed by atoms with E-state index in [0.717, 1.165) is 43.1 Å². The summed E-state index contributed by atoms with van der Waals surface area (Å²) in [6.45, 7) is 5.46. The average Bonchev–Trinajstić information content (AvgIpc) is 2.67. The molecular weight excluding hydrogens is 384 g/mol. The van der Waals surface area contributed by atoms with Crippen molar-refractivity contribution in [3.05, 3.63) is 35.3 Å². The van der Waals surface area contributed by atoms with Crippen molar-refractivity contribution in [1.29, 1.82) is 0 Å². The van der Waals surface area contributed by atoms with Gasteiger partial charge in [0, 0.05) is 32.0 Å². The predicted octanol–water partition coefficient (Wildman–Crippen LogP) is 2.72. The van der Waals surface area contributed by atoms with Gasteiger partial charge in [0.05, 0.1) is 16.4 Å². The van der Waals surface area contributed by atoms with Crippen molar-refractivity contribution in [2.75, 3.05) is 19.6 Å². The second-order valence-corrected chi connectivity index (χ2v) is 7.55. The monoisotopic (exact) mass is 406 g/mol. The number of halogens is 1. The molecule has 0 aromatic carbocycles. The van der Waals surface area contributed by atoms with E-state index in [-0.39, 0.29) is 23.8 Å².